The fourth-order valence-corrected chi connectivity index (χ4v) is 2.85. The molecule has 0 spiro atoms. The minimum atomic E-state index is 0.191. The van der Waals surface area contributed by atoms with E-state index in [9.17, 15) is 0 Å². The molecular weight excluding hydrogens is 150 g/mol. The Morgan fingerprint density at radius 3 is 2.08 bits per heavy atom. The molecule has 0 unspecified atom stereocenters. The molecule has 1 heterocycles. The van der Waals surface area contributed by atoms with E-state index in [0.717, 1.165) is 19.1 Å². The molecule has 2 nitrogen and oxygen atoms in total. The summed E-state index contributed by atoms with van der Waals surface area (Å²) < 4.78 is 5.38. The molecule has 3 rings (SSSR count). The van der Waals surface area contributed by atoms with E-state index in [1.54, 1.807) is 0 Å². The van der Waals surface area contributed by atoms with Crippen molar-refractivity contribution < 1.29 is 4.74 Å². The van der Waals surface area contributed by atoms with Crippen LogP contribution < -0.4 is 5.73 Å². The normalized spacial score (nSPS) is 36.8. The molecule has 0 radical (unpaired) electrons. The van der Waals surface area contributed by atoms with Gasteiger partial charge in [-0.2, -0.15) is 0 Å². The Kier molecular flexibility index (Phi) is 1.25. The molecule has 68 valence electrons. The Morgan fingerprint density at radius 2 is 1.83 bits per heavy atom. The highest BCUT2D eigenvalue weighted by Gasteiger charge is 2.64. The summed E-state index contributed by atoms with van der Waals surface area (Å²) in [5, 5.41) is 0. The summed E-state index contributed by atoms with van der Waals surface area (Å²) >= 11 is 0. The van der Waals surface area contributed by atoms with Gasteiger partial charge in [0.2, 0.25) is 0 Å². The molecule has 2 N–H and O–H groups in total. The second-order valence-corrected chi connectivity index (χ2v) is 4.93. The molecule has 2 saturated carbocycles. The minimum absolute atomic E-state index is 0.191. The van der Waals surface area contributed by atoms with Crippen LogP contribution in [-0.2, 0) is 4.74 Å². The third kappa shape index (κ3) is 0.686. The van der Waals surface area contributed by atoms with E-state index in [1.165, 1.54) is 32.1 Å². The second kappa shape index (κ2) is 2.05. The molecule has 2 aliphatic carbocycles. The first-order chi connectivity index (χ1) is 5.77. The van der Waals surface area contributed by atoms with Crippen molar-refractivity contribution in [2.75, 3.05) is 13.2 Å². The van der Waals surface area contributed by atoms with Gasteiger partial charge in [-0.25, -0.2) is 0 Å². The highest BCUT2D eigenvalue weighted by atomic mass is 16.5. The number of hydrogen-bond acceptors (Lipinski definition) is 2. The lowest BCUT2D eigenvalue weighted by molar-refractivity contribution is -0.181. The summed E-state index contributed by atoms with van der Waals surface area (Å²) in [5.41, 5.74) is 6.93. The van der Waals surface area contributed by atoms with Gasteiger partial charge < -0.3 is 10.5 Å². The lowest BCUT2D eigenvalue weighted by Crippen LogP contribution is -2.62. The third-order valence-electron chi connectivity index (χ3n) is 4.39. The molecule has 1 saturated heterocycles. The topological polar surface area (TPSA) is 35.2 Å². The van der Waals surface area contributed by atoms with Crippen LogP contribution in [0.4, 0.5) is 0 Å². The van der Waals surface area contributed by atoms with Crippen LogP contribution >= 0.6 is 0 Å². The molecular formula is C10H17NO. The molecule has 12 heavy (non-hydrogen) atoms. The van der Waals surface area contributed by atoms with E-state index in [1.807, 2.05) is 0 Å². The van der Waals surface area contributed by atoms with E-state index in [-0.39, 0.29) is 5.54 Å². The largest absolute Gasteiger partial charge is 0.380 e. The molecule has 3 aliphatic rings. The van der Waals surface area contributed by atoms with Gasteiger partial charge in [0.1, 0.15) is 0 Å². The number of rotatable bonds is 2. The van der Waals surface area contributed by atoms with Crippen LogP contribution in [0.1, 0.15) is 32.1 Å². The molecule has 0 aromatic heterocycles. The van der Waals surface area contributed by atoms with Gasteiger partial charge in [-0.1, -0.05) is 6.42 Å². The summed E-state index contributed by atoms with van der Waals surface area (Å²) in [7, 11) is 0. The lowest BCUT2D eigenvalue weighted by atomic mass is 9.59. The summed E-state index contributed by atoms with van der Waals surface area (Å²) in [6.45, 7) is 1.91. The summed E-state index contributed by atoms with van der Waals surface area (Å²) in [4.78, 5) is 0. The molecule has 0 bridgehead atoms. The van der Waals surface area contributed by atoms with Crippen molar-refractivity contribution in [1.82, 2.24) is 0 Å². The zero-order valence-electron chi connectivity index (χ0n) is 7.51. The van der Waals surface area contributed by atoms with Crippen molar-refractivity contribution >= 4 is 0 Å². The molecule has 2 heteroatoms. The summed E-state index contributed by atoms with van der Waals surface area (Å²) in [6.07, 6.45) is 6.72. The van der Waals surface area contributed by atoms with E-state index in [0.29, 0.717) is 5.41 Å². The first-order valence-corrected chi connectivity index (χ1v) is 5.14. The first-order valence-electron chi connectivity index (χ1n) is 5.14. The maximum atomic E-state index is 6.32. The van der Waals surface area contributed by atoms with Gasteiger partial charge >= 0.3 is 0 Å². The minimum Gasteiger partial charge on any atom is -0.380 e. The molecule has 0 atom stereocenters. The van der Waals surface area contributed by atoms with Crippen LogP contribution in [-0.4, -0.2) is 18.8 Å². The van der Waals surface area contributed by atoms with Gasteiger partial charge in [-0.3, -0.25) is 0 Å². The standard InChI is InChI=1S/C10H17NO/c11-10(4-5-10)9(6-12-7-9)8-2-1-3-8/h8H,1-7,11H2. The third-order valence-corrected chi connectivity index (χ3v) is 4.39. The van der Waals surface area contributed by atoms with E-state index < -0.39 is 0 Å². The quantitative estimate of drug-likeness (QED) is 0.672. The molecule has 1 aliphatic heterocycles. The maximum Gasteiger partial charge on any atom is 0.0565 e. The Bertz CT molecular complexity index is 202. The Hall–Kier alpha value is -0.0800. The van der Waals surface area contributed by atoms with Gasteiger partial charge in [0.05, 0.1) is 13.2 Å². The van der Waals surface area contributed by atoms with Crippen molar-refractivity contribution in [2.24, 2.45) is 17.1 Å². The first kappa shape index (κ1) is 7.34. The van der Waals surface area contributed by atoms with Crippen LogP contribution in [0, 0.1) is 11.3 Å². The van der Waals surface area contributed by atoms with Crippen molar-refractivity contribution in [1.29, 1.82) is 0 Å². The highest BCUT2D eigenvalue weighted by Crippen LogP contribution is 2.60. The Balaban J connectivity index is 1.83. The van der Waals surface area contributed by atoms with Crippen molar-refractivity contribution in [3.05, 3.63) is 0 Å². The maximum absolute atomic E-state index is 6.32. The predicted octanol–water partition coefficient (Wildman–Crippen LogP) is 1.29. The predicted molar refractivity (Wildman–Crippen MR) is 46.7 cm³/mol. The van der Waals surface area contributed by atoms with Gasteiger partial charge in [0.25, 0.3) is 0 Å². The summed E-state index contributed by atoms with van der Waals surface area (Å²) in [6, 6.07) is 0. The monoisotopic (exact) mass is 167 g/mol. The SMILES string of the molecule is NC1(C2(C3CCC3)COC2)CC1. The van der Waals surface area contributed by atoms with Crippen molar-refractivity contribution in [3.63, 3.8) is 0 Å². The lowest BCUT2D eigenvalue weighted by Gasteiger charge is -2.54. The van der Waals surface area contributed by atoms with E-state index >= 15 is 0 Å². The van der Waals surface area contributed by atoms with Crippen LogP contribution in [0.3, 0.4) is 0 Å². The number of hydrogen-bond donors (Lipinski definition) is 1. The van der Waals surface area contributed by atoms with Crippen LogP contribution in [0.5, 0.6) is 0 Å². The van der Waals surface area contributed by atoms with Crippen LogP contribution in [0.2, 0.25) is 0 Å². The van der Waals surface area contributed by atoms with Crippen LogP contribution in [0.25, 0.3) is 0 Å². The molecule has 0 amide bonds. The summed E-state index contributed by atoms with van der Waals surface area (Å²) in [5.74, 6) is 0.902. The molecule has 3 fully saturated rings. The van der Waals surface area contributed by atoms with Gasteiger partial charge in [0, 0.05) is 11.0 Å². The Morgan fingerprint density at radius 1 is 1.17 bits per heavy atom. The van der Waals surface area contributed by atoms with Gasteiger partial charge in [0.15, 0.2) is 0 Å². The van der Waals surface area contributed by atoms with Crippen molar-refractivity contribution in [3.8, 4) is 0 Å². The zero-order chi connectivity index (χ0) is 8.23. The van der Waals surface area contributed by atoms with Gasteiger partial charge in [-0.05, 0) is 31.6 Å². The van der Waals surface area contributed by atoms with Gasteiger partial charge in [-0.15, -0.1) is 0 Å². The smallest absolute Gasteiger partial charge is 0.0565 e. The zero-order valence-corrected chi connectivity index (χ0v) is 7.51. The number of nitrogens with two attached hydrogens (primary N) is 1. The average Bonchev–Trinajstić information content (AvgIpc) is 2.54. The fraction of sp³-hybridized carbons (Fsp3) is 1.00. The van der Waals surface area contributed by atoms with Crippen LogP contribution in [0.15, 0.2) is 0 Å². The fourth-order valence-electron chi connectivity index (χ4n) is 2.85. The van der Waals surface area contributed by atoms with E-state index in [2.05, 4.69) is 0 Å². The highest BCUT2D eigenvalue weighted by molar-refractivity contribution is 5.18. The Labute approximate surface area is 73.5 Å². The molecule has 0 aromatic rings. The van der Waals surface area contributed by atoms with E-state index in [4.69, 9.17) is 10.5 Å². The number of ether oxygens (including phenoxy) is 1. The van der Waals surface area contributed by atoms with Crippen molar-refractivity contribution in [2.45, 2.75) is 37.6 Å². The average molecular weight is 167 g/mol. The molecule has 0 aromatic carbocycles. The second-order valence-electron chi connectivity index (χ2n) is 4.93.